The Labute approximate surface area is 110 Å². The highest BCUT2D eigenvalue weighted by molar-refractivity contribution is 9.10. The van der Waals surface area contributed by atoms with Gasteiger partial charge in [0.2, 0.25) is 0 Å². The number of hydrogen-bond donors (Lipinski definition) is 2. The summed E-state index contributed by atoms with van der Waals surface area (Å²) in [6, 6.07) is 5.68. The van der Waals surface area contributed by atoms with E-state index < -0.39 is 0 Å². The molecule has 1 aromatic carbocycles. The topological polar surface area (TPSA) is 64.3 Å². The molecule has 0 bridgehead atoms. The number of benzene rings is 1. The molecular formula is C12H17BrN2O2. The van der Waals surface area contributed by atoms with Crippen LogP contribution in [0.5, 0.6) is 5.75 Å². The summed E-state index contributed by atoms with van der Waals surface area (Å²) in [4.78, 5) is 11.4. The van der Waals surface area contributed by atoms with E-state index in [1.165, 1.54) is 0 Å². The lowest BCUT2D eigenvalue weighted by Gasteiger charge is -2.11. The van der Waals surface area contributed by atoms with E-state index in [-0.39, 0.29) is 18.6 Å². The predicted octanol–water partition coefficient (Wildman–Crippen LogP) is 1.81. The van der Waals surface area contributed by atoms with Crippen LogP contribution in [0.2, 0.25) is 0 Å². The monoisotopic (exact) mass is 300 g/mol. The fraction of sp³-hybridized carbons (Fsp3) is 0.417. The molecule has 0 heterocycles. The van der Waals surface area contributed by atoms with Gasteiger partial charge in [-0.15, -0.1) is 0 Å². The normalized spacial score (nSPS) is 10.4. The fourth-order valence-corrected chi connectivity index (χ4v) is 1.84. The van der Waals surface area contributed by atoms with Gasteiger partial charge in [-0.1, -0.05) is 6.07 Å². The maximum atomic E-state index is 11.4. The molecule has 0 radical (unpaired) electrons. The smallest absolute Gasteiger partial charge is 0.258 e. The number of nitrogens with two attached hydrogens (primary N) is 1. The first kappa shape index (κ1) is 14.0. The third-order valence-electron chi connectivity index (χ3n) is 2.04. The van der Waals surface area contributed by atoms with Gasteiger partial charge >= 0.3 is 0 Å². The maximum absolute atomic E-state index is 11.4. The zero-order valence-corrected chi connectivity index (χ0v) is 11.6. The van der Waals surface area contributed by atoms with Gasteiger partial charge in [-0.3, -0.25) is 4.79 Å². The first-order valence-electron chi connectivity index (χ1n) is 5.43. The number of nitrogens with one attached hydrogen (secondary N) is 1. The molecule has 1 aromatic rings. The average molecular weight is 301 g/mol. The summed E-state index contributed by atoms with van der Waals surface area (Å²) in [7, 11) is 0. The molecule has 0 aliphatic rings. The Kier molecular flexibility index (Phi) is 5.44. The molecule has 4 nitrogen and oxygen atoms in total. The number of halogens is 1. The van der Waals surface area contributed by atoms with E-state index in [9.17, 15) is 4.79 Å². The Bertz CT molecular complexity index is 394. The molecule has 17 heavy (non-hydrogen) atoms. The van der Waals surface area contributed by atoms with Crippen LogP contribution in [0.1, 0.15) is 19.4 Å². The highest BCUT2D eigenvalue weighted by Crippen LogP contribution is 2.25. The van der Waals surface area contributed by atoms with Gasteiger partial charge in [-0.05, 0) is 47.5 Å². The van der Waals surface area contributed by atoms with Gasteiger partial charge in [0.05, 0.1) is 4.47 Å². The zero-order chi connectivity index (χ0) is 12.8. The van der Waals surface area contributed by atoms with Crippen LogP contribution in [-0.2, 0) is 11.3 Å². The molecule has 0 saturated carbocycles. The maximum Gasteiger partial charge on any atom is 0.258 e. The minimum atomic E-state index is -0.130. The Hall–Kier alpha value is -1.07. The van der Waals surface area contributed by atoms with Crippen molar-refractivity contribution in [3.8, 4) is 5.75 Å². The molecule has 1 amide bonds. The Morgan fingerprint density at radius 3 is 2.76 bits per heavy atom. The van der Waals surface area contributed by atoms with Crippen molar-refractivity contribution in [2.45, 2.75) is 26.4 Å². The number of carbonyl (C=O) groups is 1. The molecule has 0 saturated heterocycles. The van der Waals surface area contributed by atoms with Crippen LogP contribution in [0.15, 0.2) is 22.7 Å². The molecule has 94 valence electrons. The largest absolute Gasteiger partial charge is 0.483 e. The quantitative estimate of drug-likeness (QED) is 0.872. The summed E-state index contributed by atoms with van der Waals surface area (Å²) in [5, 5.41) is 2.76. The third-order valence-corrected chi connectivity index (χ3v) is 2.66. The van der Waals surface area contributed by atoms with Gasteiger partial charge in [0, 0.05) is 12.6 Å². The second-order valence-corrected chi connectivity index (χ2v) is 4.83. The summed E-state index contributed by atoms with van der Waals surface area (Å²) < 4.78 is 6.20. The standard InChI is InChI=1S/C12H17BrN2O2/c1-8(2)15-12(16)7-17-11-4-3-9(6-14)5-10(11)13/h3-5,8H,6-7,14H2,1-2H3,(H,15,16). The first-order chi connectivity index (χ1) is 8.02. The van der Waals surface area contributed by atoms with Crippen LogP contribution in [0.25, 0.3) is 0 Å². The molecular weight excluding hydrogens is 284 g/mol. The highest BCUT2D eigenvalue weighted by atomic mass is 79.9. The van der Waals surface area contributed by atoms with Gasteiger partial charge in [-0.25, -0.2) is 0 Å². The van der Waals surface area contributed by atoms with Crippen LogP contribution in [0.4, 0.5) is 0 Å². The summed E-state index contributed by atoms with van der Waals surface area (Å²) in [6.45, 7) is 4.30. The molecule has 0 unspecified atom stereocenters. The van der Waals surface area contributed by atoms with Crippen LogP contribution in [-0.4, -0.2) is 18.6 Å². The van der Waals surface area contributed by atoms with E-state index in [1.54, 1.807) is 6.07 Å². The Morgan fingerprint density at radius 2 is 2.24 bits per heavy atom. The molecule has 5 heteroatoms. The van der Waals surface area contributed by atoms with Crippen LogP contribution < -0.4 is 15.8 Å². The van der Waals surface area contributed by atoms with Crippen LogP contribution >= 0.6 is 15.9 Å². The van der Waals surface area contributed by atoms with E-state index in [4.69, 9.17) is 10.5 Å². The van der Waals surface area contributed by atoms with Gasteiger partial charge < -0.3 is 15.8 Å². The molecule has 1 rings (SSSR count). The number of carbonyl (C=O) groups excluding carboxylic acids is 1. The van der Waals surface area contributed by atoms with Crippen LogP contribution in [0, 0.1) is 0 Å². The minimum absolute atomic E-state index is 0.0127. The van der Waals surface area contributed by atoms with Crippen molar-refractivity contribution in [1.82, 2.24) is 5.32 Å². The molecule has 0 aliphatic carbocycles. The van der Waals surface area contributed by atoms with Crippen molar-refractivity contribution in [2.75, 3.05) is 6.61 Å². The van der Waals surface area contributed by atoms with Crippen molar-refractivity contribution in [3.63, 3.8) is 0 Å². The lowest BCUT2D eigenvalue weighted by Crippen LogP contribution is -2.34. The van der Waals surface area contributed by atoms with Gasteiger partial charge in [0.25, 0.3) is 5.91 Å². The lowest BCUT2D eigenvalue weighted by molar-refractivity contribution is -0.123. The van der Waals surface area contributed by atoms with Crippen LogP contribution in [0.3, 0.4) is 0 Å². The van der Waals surface area contributed by atoms with Crippen molar-refractivity contribution < 1.29 is 9.53 Å². The second kappa shape index (κ2) is 6.61. The number of ether oxygens (including phenoxy) is 1. The van der Waals surface area contributed by atoms with Crippen molar-refractivity contribution in [1.29, 1.82) is 0 Å². The number of hydrogen-bond acceptors (Lipinski definition) is 3. The molecule has 3 N–H and O–H groups in total. The molecule has 0 spiro atoms. The summed E-state index contributed by atoms with van der Waals surface area (Å²) in [5.74, 6) is 0.510. The molecule has 0 atom stereocenters. The predicted molar refractivity (Wildman–Crippen MR) is 70.8 cm³/mol. The molecule has 0 aromatic heterocycles. The first-order valence-corrected chi connectivity index (χ1v) is 6.23. The van der Waals surface area contributed by atoms with Gasteiger partial charge in [0.15, 0.2) is 6.61 Å². The van der Waals surface area contributed by atoms with Crippen molar-refractivity contribution in [3.05, 3.63) is 28.2 Å². The Morgan fingerprint density at radius 1 is 1.53 bits per heavy atom. The van der Waals surface area contributed by atoms with E-state index in [2.05, 4.69) is 21.2 Å². The summed E-state index contributed by atoms with van der Waals surface area (Å²) in [6.07, 6.45) is 0. The zero-order valence-electron chi connectivity index (χ0n) is 10.00. The van der Waals surface area contributed by atoms with E-state index in [0.717, 1.165) is 10.0 Å². The SMILES string of the molecule is CC(C)NC(=O)COc1ccc(CN)cc1Br. The van der Waals surface area contributed by atoms with Crippen molar-refractivity contribution >= 4 is 21.8 Å². The highest BCUT2D eigenvalue weighted by Gasteiger charge is 2.07. The second-order valence-electron chi connectivity index (χ2n) is 3.98. The summed E-state index contributed by atoms with van der Waals surface area (Å²) >= 11 is 3.38. The van der Waals surface area contributed by atoms with E-state index in [1.807, 2.05) is 26.0 Å². The van der Waals surface area contributed by atoms with E-state index >= 15 is 0 Å². The Balaban J connectivity index is 2.55. The van der Waals surface area contributed by atoms with E-state index in [0.29, 0.717) is 12.3 Å². The van der Waals surface area contributed by atoms with Crippen molar-refractivity contribution in [2.24, 2.45) is 5.73 Å². The average Bonchev–Trinajstić information content (AvgIpc) is 2.26. The van der Waals surface area contributed by atoms with Gasteiger partial charge in [0.1, 0.15) is 5.75 Å². The number of amides is 1. The minimum Gasteiger partial charge on any atom is -0.483 e. The molecule has 0 fully saturated rings. The summed E-state index contributed by atoms with van der Waals surface area (Å²) in [5.41, 5.74) is 6.53. The lowest BCUT2D eigenvalue weighted by atomic mass is 10.2. The number of rotatable bonds is 5. The third kappa shape index (κ3) is 4.75. The fourth-order valence-electron chi connectivity index (χ4n) is 1.30. The van der Waals surface area contributed by atoms with Gasteiger partial charge in [-0.2, -0.15) is 0 Å². The molecule has 0 aliphatic heterocycles.